The quantitative estimate of drug-likeness (QED) is 0.505. The van der Waals surface area contributed by atoms with Gasteiger partial charge in [-0.15, -0.1) is 0 Å². The van der Waals surface area contributed by atoms with Gasteiger partial charge >= 0.3 is 18.2 Å². The Morgan fingerprint density at radius 3 is 2.27 bits per heavy atom. The normalized spacial score (nSPS) is 20.6. The number of nitrogens with zero attached hydrogens (tertiary/aromatic N) is 3. The molecule has 0 bridgehead atoms. The number of aliphatic carboxylic acids is 1. The number of alkyl halides is 5. The first-order chi connectivity index (χ1) is 19.5. The van der Waals surface area contributed by atoms with E-state index in [2.05, 4.69) is 21.2 Å². The molecule has 3 aliphatic heterocycles. The lowest BCUT2D eigenvalue weighted by molar-refractivity contribution is -0.192. The number of piperidine rings is 1. The molecule has 2 aromatic carbocycles. The molecule has 2 aromatic rings. The second kappa shape index (κ2) is 13.0. The molecule has 3 aliphatic rings. The van der Waals surface area contributed by atoms with E-state index in [1.54, 1.807) is 4.90 Å². The number of carbonyl (C=O) groups excluding carboxylic acids is 1. The summed E-state index contributed by atoms with van der Waals surface area (Å²) < 4.78 is 65.7. The maximum atomic E-state index is 14.2. The first kappa shape index (κ1) is 30.5. The molecule has 224 valence electrons. The summed E-state index contributed by atoms with van der Waals surface area (Å²) in [7, 11) is 0. The third kappa shape index (κ3) is 7.85. The molecule has 2 saturated heterocycles. The number of piperazine rings is 1. The first-order valence-electron chi connectivity index (χ1n) is 13.4. The van der Waals surface area contributed by atoms with E-state index in [1.165, 1.54) is 0 Å². The van der Waals surface area contributed by atoms with Crippen molar-refractivity contribution < 1.29 is 41.4 Å². The first-order valence-corrected chi connectivity index (χ1v) is 13.4. The summed E-state index contributed by atoms with van der Waals surface area (Å²) in [5.74, 6) is -5.96. The lowest BCUT2D eigenvalue weighted by Crippen LogP contribution is -2.53. The Labute approximate surface area is 234 Å². The van der Waals surface area contributed by atoms with E-state index < -0.39 is 24.0 Å². The zero-order valence-corrected chi connectivity index (χ0v) is 22.4. The number of anilines is 2. The van der Waals surface area contributed by atoms with Crippen molar-refractivity contribution in [1.29, 1.82) is 0 Å². The smallest absolute Gasteiger partial charge is 0.475 e. The molecule has 0 spiro atoms. The molecule has 1 amide bonds. The number of carbonyl (C=O) groups is 2. The van der Waals surface area contributed by atoms with Gasteiger partial charge in [-0.05, 0) is 37.1 Å². The van der Waals surface area contributed by atoms with Crippen molar-refractivity contribution in [3.05, 3.63) is 59.7 Å². The summed E-state index contributed by atoms with van der Waals surface area (Å²) in [5.41, 5.74) is 4.18. The van der Waals surface area contributed by atoms with E-state index in [-0.39, 0.29) is 19.2 Å². The van der Waals surface area contributed by atoms with Gasteiger partial charge in [-0.3, -0.25) is 9.80 Å². The average Bonchev–Trinajstić information content (AvgIpc) is 3.38. The molecule has 1 atom stereocenters. The minimum atomic E-state index is -5.08. The van der Waals surface area contributed by atoms with Crippen molar-refractivity contribution in [3.63, 3.8) is 0 Å². The van der Waals surface area contributed by atoms with Crippen LogP contribution in [0.15, 0.2) is 48.5 Å². The largest absolute Gasteiger partial charge is 0.490 e. The Hall–Kier alpha value is -3.45. The van der Waals surface area contributed by atoms with Crippen LogP contribution >= 0.6 is 0 Å². The minimum absolute atomic E-state index is 0.210. The highest BCUT2D eigenvalue weighted by atomic mass is 19.4. The van der Waals surface area contributed by atoms with E-state index in [9.17, 15) is 26.7 Å². The van der Waals surface area contributed by atoms with Crippen molar-refractivity contribution in [1.82, 2.24) is 10.2 Å². The van der Waals surface area contributed by atoms with Gasteiger partial charge in [0.2, 0.25) is 0 Å². The zero-order valence-electron chi connectivity index (χ0n) is 22.4. The summed E-state index contributed by atoms with van der Waals surface area (Å²) >= 11 is 0. The summed E-state index contributed by atoms with van der Waals surface area (Å²) in [6, 6.07) is 15.7. The molecule has 8 nitrogen and oxygen atoms in total. The summed E-state index contributed by atoms with van der Waals surface area (Å²) in [4.78, 5) is 27.9. The van der Waals surface area contributed by atoms with Gasteiger partial charge in [-0.2, -0.15) is 13.2 Å². The zero-order chi connectivity index (χ0) is 29.6. The molecule has 2 fully saturated rings. The third-order valence-corrected chi connectivity index (χ3v) is 7.49. The predicted octanol–water partition coefficient (Wildman–Crippen LogP) is 4.39. The maximum absolute atomic E-state index is 14.2. The molecule has 0 aliphatic carbocycles. The van der Waals surface area contributed by atoms with Crippen LogP contribution in [0.25, 0.3) is 0 Å². The molecule has 0 unspecified atom stereocenters. The number of ether oxygens (including phenoxy) is 1. The topological polar surface area (TPSA) is 85.3 Å². The highest BCUT2D eigenvalue weighted by Crippen LogP contribution is 2.37. The number of carboxylic acid groups (broad SMARTS) is 1. The van der Waals surface area contributed by atoms with Crippen LogP contribution in [0.3, 0.4) is 0 Å². The maximum Gasteiger partial charge on any atom is 0.490 e. The fourth-order valence-electron chi connectivity index (χ4n) is 5.29. The van der Waals surface area contributed by atoms with Crippen LogP contribution in [0.5, 0.6) is 0 Å². The second-order valence-electron chi connectivity index (χ2n) is 10.2. The van der Waals surface area contributed by atoms with Crippen molar-refractivity contribution >= 4 is 23.4 Å². The van der Waals surface area contributed by atoms with E-state index in [4.69, 9.17) is 14.6 Å². The minimum Gasteiger partial charge on any atom is -0.475 e. The van der Waals surface area contributed by atoms with E-state index in [1.807, 2.05) is 42.5 Å². The van der Waals surface area contributed by atoms with E-state index in [0.29, 0.717) is 26.1 Å². The molecule has 2 N–H and O–H groups in total. The number of amides is 1. The standard InChI is InChI=1S/C26H32F2N4O2.C2HF3O2/c27-26(28)19-29-11-9-21(26)17-30-13-15-31(16-14-30)23-7-4-8-24-22(23)10-12-32(24)25(33)34-18-20-5-2-1-3-6-20;3-2(4,5)1(6)7/h1-8,21,29H,9-19H2;(H,6,7)/t21-;/m1./s1. The fourth-order valence-corrected chi connectivity index (χ4v) is 5.29. The van der Waals surface area contributed by atoms with E-state index >= 15 is 0 Å². The summed E-state index contributed by atoms with van der Waals surface area (Å²) in [6.45, 7) is 4.90. The highest BCUT2D eigenvalue weighted by molar-refractivity contribution is 5.92. The SMILES string of the molecule is O=C(O)C(F)(F)F.O=C(OCc1ccccc1)N1CCc2c(N3CCN(C[C@H]4CCNCC4(F)F)CC3)cccc21. The molecule has 41 heavy (non-hydrogen) atoms. The molecule has 5 rings (SSSR count). The van der Waals surface area contributed by atoms with Gasteiger partial charge < -0.3 is 20.1 Å². The van der Waals surface area contributed by atoms with Crippen LogP contribution in [-0.4, -0.2) is 86.5 Å². The van der Waals surface area contributed by atoms with Gasteiger partial charge in [0.05, 0.1) is 12.2 Å². The van der Waals surface area contributed by atoms with Gasteiger partial charge in [0.25, 0.3) is 5.92 Å². The van der Waals surface area contributed by atoms with Crippen molar-refractivity contribution in [2.24, 2.45) is 5.92 Å². The van der Waals surface area contributed by atoms with Crippen LogP contribution < -0.4 is 15.1 Å². The average molecular weight is 585 g/mol. The number of hydrogen-bond acceptors (Lipinski definition) is 6. The number of hydrogen-bond donors (Lipinski definition) is 2. The predicted molar refractivity (Wildman–Crippen MR) is 142 cm³/mol. The van der Waals surface area contributed by atoms with Gasteiger partial charge in [0, 0.05) is 56.4 Å². The number of halogens is 5. The number of nitrogens with one attached hydrogen (secondary N) is 1. The molecule has 13 heteroatoms. The van der Waals surface area contributed by atoms with Crippen LogP contribution in [-0.2, 0) is 22.6 Å². The Kier molecular flexibility index (Phi) is 9.69. The van der Waals surface area contributed by atoms with Crippen molar-refractivity contribution in [2.45, 2.75) is 31.5 Å². The van der Waals surface area contributed by atoms with Gasteiger partial charge in [-0.25, -0.2) is 18.4 Å². The highest BCUT2D eigenvalue weighted by Gasteiger charge is 2.42. The van der Waals surface area contributed by atoms with Crippen LogP contribution in [0.1, 0.15) is 17.5 Å². The molecule has 0 radical (unpaired) electrons. The molecule has 0 saturated carbocycles. The van der Waals surface area contributed by atoms with Crippen LogP contribution in [0.4, 0.5) is 38.1 Å². The summed E-state index contributed by atoms with van der Waals surface area (Å²) in [6.07, 6.45) is -4.10. The molecule has 0 aromatic heterocycles. The number of benzene rings is 2. The van der Waals surface area contributed by atoms with E-state index in [0.717, 1.165) is 55.1 Å². The monoisotopic (exact) mass is 584 g/mol. The number of rotatable bonds is 5. The Morgan fingerprint density at radius 2 is 1.63 bits per heavy atom. The molecular formula is C28H33F5N4O4. The van der Waals surface area contributed by atoms with Gasteiger partial charge in [-0.1, -0.05) is 36.4 Å². The third-order valence-electron chi connectivity index (χ3n) is 7.49. The Morgan fingerprint density at radius 1 is 0.976 bits per heavy atom. The number of fused-ring (bicyclic) bond motifs is 1. The van der Waals surface area contributed by atoms with Crippen molar-refractivity contribution in [2.75, 3.05) is 62.2 Å². The Balaban J connectivity index is 0.000000493. The van der Waals surface area contributed by atoms with Gasteiger partial charge in [0.15, 0.2) is 0 Å². The summed E-state index contributed by atoms with van der Waals surface area (Å²) in [5, 5.41) is 9.93. The van der Waals surface area contributed by atoms with Crippen LogP contribution in [0.2, 0.25) is 0 Å². The molecular weight excluding hydrogens is 551 g/mol. The molecule has 3 heterocycles. The van der Waals surface area contributed by atoms with Gasteiger partial charge in [0.1, 0.15) is 6.61 Å². The number of carboxylic acids is 1. The second-order valence-corrected chi connectivity index (χ2v) is 10.2. The van der Waals surface area contributed by atoms with Crippen molar-refractivity contribution in [3.8, 4) is 0 Å². The Bertz CT molecular complexity index is 1190. The lowest BCUT2D eigenvalue weighted by Gasteiger charge is -2.40. The fraction of sp³-hybridized carbons (Fsp3) is 0.500. The van der Waals surface area contributed by atoms with Crippen LogP contribution in [0, 0.1) is 5.92 Å². The lowest BCUT2D eigenvalue weighted by atomic mass is 9.93.